The van der Waals surface area contributed by atoms with Crippen LogP contribution in [0.25, 0.3) is 0 Å². The van der Waals surface area contributed by atoms with Crippen LogP contribution in [-0.2, 0) is 16.6 Å². The average Bonchev–Trinajstić information content (AvgIpc) is 3.12. The first-order valence-corrected chi connectivity index (χ1v) is 11.3. The van der Waals surface area contributed by atoms with Gasteiger partial charge in [0.2, 0.25) is 5.91 Å². The molecule has 156 valence electrons. The van der Waals surface area contributed by atoms with E-state index >= 15 is 0 Å². The van der Waals surface area contributed by atoms with Gasteiger partial charge in [0.05, 0.1) is 16.1 Å². The van der Waals surface area contributed by atoms with E-state index < -0.39 is 5.41 Å². The van der Waals surface area contributed by atoms with Crippen LogP contribution in [0, 0.1) is 6.92 Å². The largest absolute Gasteiger partial charge is 0.338 e. The van der Waals surface area contributed by atoms with E-state index in [2.05, 4.69) is 11.9 Å². The highest BCUT2D eigenvalue weighted by molar-refractivity contribution is 7.13. The van der Waals surface area contributed by atoms with Crippen molar-refractivity contribution >= 4 is 23.2 Å². The molecule has 1 aliphatic heterocycles. The Morgan fingerprint density at radius 3 is 2.31 bits per heavy atom. The Labute approximate surface area is 177 Å². The lowest BCUT2D eigenvalue weighted by Gasteiger charge is -2.38. The first kappa shape index (κ1) is 21.5. The maximum atomic E-state index is 13.1. The molecule has 2 heterocycles. The predicted octanol–water partition coefficient (Wildman–Crippen LogP) is 4.06. The molecule has 29 heavy (non-hydrogen) atoms. The van der Waals surface area contributed by atoms with Gasteiger partial charge in [0.1, 0.15) is 4.88 Å². The van der Waals surface area contributed by atoms with Crippen molar-refractivity contribution in [3.05, 3.63) is 51.5 Å². The Morgan fingerprint density at radius 1 is 1.07 bits per heavy atom. The quantitative estimate of drug-likeness (QED) is 0.718. The van der Waals surface area contributed by atoms with E-state index in [0.29, 0.717) is 26.2 Å². The maximum Gasteiger partial charge on any atom is 0.265 e. The zero-order chi connectivity index (χ0) is 21.0. The van der Waals surface area contributed by atoms with Crippen molar-refractivity contribution in [3.8, 4) is 0 Å². The molecule has 0 unspecified atom stereocenters. The molecule has 2 amide bonds. The molecule has 0 N–H and O–H groups in total. The number of piperazine rings is 1. The van der Waals surface area contributed by atoms with E-state index in [1.165, 1.54) is 11.3 Å². The molecule has 6 heteroatoms. The minimum Gasteiger partial charge on any atom is -0.338 e. The van der Waals surface area contributed by atoms with Crippen molar-refractivity contribution in [3.63, 3.8) is 0 Å². The van der Waals surface area contributed by atoms with Crippen molar-refractivity contribution in [2.45, 2.75) is 52.4 Å². The fraction of sp³-hybridized carbons (Fsp3) is 0.522. The third kappa shape index (κ3) is 4.69. The number of aryl methyl sites for hydroxylation is 2. The van der Waals surface area contributed by atoms with Gasteiger partial charge >= 0.3 is 0 Å². The van der Waals surface area contributed by atoms with Crippen LogP contribution in [0.2, 0.25) is 0 Å². The van der Waals surface area contributed by atoms with Gasteiger partial charge < -0.3 is 9.80 Å². The molecule has 1 aromatic carbocycles. The Kier molecular flexibility index (Phi) is 6.73. The lowest BCUT2D eigenvalue weighted by atomic mass is 9.83. The molecule has 0 aliphatic carbocycles. The number of carbonyl (C=O) groups is 2. The van der Waals surface area contributed by atoms with Crippen molar-refractivity contribution < 1.29 is 9.59 Å². The molecular formula is C23H31N3O2S. The number of nitrogens with zero attached hydrogens (tertiary/aromatic N) is 3. The van der Waals surface area contributed by atoms with E-state index in [9.17, 15) is 9.59 Å². The molecule has 5 nitrogen and oxygen atoms in total. The van der Waals surface area contributed by atoms with Crippen molar-refractivity contribution in [1.29, 1.82) is 0 Å². The molecule has 1 saturated heterocycles. The van der Waals surface area contributed by atoms with Crippen LogP contribution in [0.1, 0.15) is 59.5 Å². The van der Waals surface area contributed by atoms with E-state index in [1.807, 2.05) is 60.9 Å². The van der Waals surface area contributed by atoms with Crippen LogP contribution in [0.5, 0.6) is 0 Å². The molecule has 0 radical (unpaired) electrons. The highest BCUT2D eigenvalue weighted by atomic mass is 32.1. The highest BCUT2D eigenvalue weighted by Crippen LogP contribution is 2.27. The van der Waals surface area contributed by atoms with E-state index in [-0.39, 0.29) is 11.8 Å². The van der Waals surface area contributed by atoms with Gasteiger partial charge in [-0.15, -0.1) is 11.3 Å². The second-order valence-electron chi connectivity index (χ2n) is 8.20. The number of benzene rings is 1. The highest BCUT2D eigenvalue weighted by Gasteiger charge is 2.36. The summed E-state index contributed by atoms with van der Waals surface area (Å²) < 4.78 is 0. The summed E-state index contributed by atoms with van der Waals surface area (Å²) in [7, 11) is 0. The number of amides is 2. The number of unbranched alkanes of at least 4 members (excludes halogenated alkanes) is 1. The van der Waals surface area contributed by atoms with E-state index in [4.69, 9.17) is 0 Å². The summed E-state index contributed by atoms with van der Waals surface area (Å²) in [6, 6.07) is 9.89. The van der Waals surface area contributed by atoms with Crippen LogP contribution in [0.3, 0.4) is 0 Å². The summed E-state index contributed by atoms with van der Waals surface area (Å²) >= 11 is 1.53. The molecule has 1 fully saturated rings. The summed E-state index contributed by atoms with van der Waals surface area (Å²) in [5, 5.41) is 1.05. The number of carbonyl (C=O) groups excluding carboxylic acids is 2. The van der Waals surface area contributed by atoms with Crippen LogP contribution in [-0.4, -0.2) is 52.8 Å². The smallest absolute Gasteiger partial charge is 0.265 e. The first-order chi connectivity index (χ1) is 13.8. The van der Waals surface area contributed by atoms with Crippen LogP contribution < -0.4 is 0 Å². The summed E-state index contributed by atoms with van der Waals surface area (Å²) in [5.41, 5.74) is 1.27. The van der Waals surface area contributed by atoms with Gasteiger partial charge in [-0.3, -0.25) is 9.59 Å². The number of aromatic nitrogens is 1. The monoisotopic (exact) mass is 413 g/mol. The molecule has 0 bridgehead atoms. The van der Waals surface area contributed by atoms with Gasteiger partial charge in [-0.2, -0.15) is 0 Å². The first-order valence-electron chi connectivity index (χ1n) is 10.4. The number of rotatable bonds is 6. The SMILES string of the molecule is CCCCc1nc(C)c(C(=O)N2CCN(C(=O)C(C)(C)c3ccccc3)CC2)s1. The zero-order valence-electron chi connectivity index (χ0n) is 17.9. The molecule has 1 aromatic heterocycles. The van der Waals surface area contributed by atoms with E-state index in [0.717, 1.165) is 40.4 Å². The minimum atomic E-state index is -0.574. The van der Waals surface area contributed by atoms with Gasteiger partial charge in [-0.05, 0) is 39.2 Å². The van der Waals surface area contributed by atoms with Crippen molar-refractivity contribution in [2.24, 2.45) is 0 Å². The normalized spacial score (nSPS) is 14.9. The molecule has 0 spiro atoms. The number of hydrogen-bond acceptors (Lipinski definition) is 4. The number of thiazole rings is 1. The minimum absolute atomic E-state index is 0.0529. The van der Waals surface area contributed by atoms with Crippen LogP contribution >= 0.6 is 11.3 Å². The zero-order valence-corrected chi connectivity index (χ0v) is 18.7. The van der Waals surface area contributed by atoms with Gasteiger partial charge in [-0.25, -0.2) is 4.98 Å². The van der Waals surface area contributed by atoms with Gasteiger partial charge in [0.25, 0.3) is 5.91 Å². The molecule has 3 rings (SSSR count). The molecule has 0 saturated carbocycles. The lowest BCUT2D eigenvalue weighted by molar-refractivity contribution is -0.137. The lowest BCUT2D eigenvalue weighted by Crippen LogP contribution is -2.54. The summed E-state index contributed by atoms with van der Waals surface area (Å²) in [4.78, 5) is 35.2. The van der Waals surface area contributed by atoms with Crippen molar-refractivity contribution in [2.75, 3.05) is 26.2 Å². The average molecular weight is 414 g/mol. The third-order valence-corrected chi connectivity index (χ3v) is 6.87. The summed E-state index contributed by atoms with van der Waals surface area (Å²) in [6.07, 6.45) is 3.15. The van der Waals surface area contributed by atoms with Crippen LogP contribution in [0.4, 0.5) is 0 Å². The second kappa shape index (κ2) is 9.08. The Balaban J connectivity index is 1.62. The standard InChI is InChI=1S/C23H31N3O2S/c1-5-6-12-19-24-17(2)20(29-19)21(27)25-13-15-26(16-14-25)22(28)23(3,4)18-10-8-7-9-11-18/h7-11H,5-6,12-16H2,1-4H3. The fourth-order valence-electron chi connectivity index (χ4n) is 3.72. The maximum absolute atomic E-state index is 13.1. The van der Waals surface area contributed by atoms with Gasteiger partial charge in [0.15, 0.2) is 0 Å². The second-order valence-corrected chi connectivity index (χ2v) is 9.28. The predicted molar refractivity (Wildman–Crippen MR) is 117 cm³/mol. The van der Waals surface area contributed by atoms with E-state index in [1.54, 1.807) is 0 Å². The topological polar surface area (TPSA) is 53.5 Å². The molecule has 1 aliphatic rings. The summed E-state index contributed by atoms with van der Waals surface area (Å²) in [6.45, 7) is 10.3. The van der Waals surface area contributed by atoms with Gasteiger partial charge in [0, 0.05) is 26.2 Å². The Morgan fingerprint density at radius 2 is 1.69 bits per heavy atom. The number of hydrogen-bond donors (Lipinski definition) is 0. The fourth-order valence-corrected chi connectivity index (χ4v) is 4.79. The summed E-state index contributed by atoms with van der Waals surface area (Å²) in [5.74, 6) is 0.170. The molecular weight excluding hydrogens is 382 g/mol. The van der Waals surface area contributed by atoms with Crippen LogP contribution in [0.15, 0.2) is 30.3 Å². The van der Waals surface area contributed by atoms with Crippen molar-refractivity contribution in [1.82, 2.24) is 14.8 Å². The van der Waals surface area contributed by atoms with Gasteiger partial charge in [-0.1, -0.05) is 43.7 Å². The Hall–Kier alpha value is -2.21. The third-order valence-electron chi connectivity index (χ3n) is 5.66. The molecule has 2 aromatic rings. The Bertz CT molecular complexity index is 852. The molecule has 0 atom stereocenters.